The number of thioether (sulfide) groups is 1. The van der Waals surface area contributed by atoms with Crippen molar-refractivity contribution in [3.05, 3.63) is 125 Å². The monoisotopic (exact) mass is 599 g/mol. The zero-order chi connectivity index (χ0) is 30.9. The summed E-state index contributed by atoms with van der Waals surface area (Å²) in [6.07, 6.45) is 0. The van der Waals surface area contributed by atoms with Crippen molar-refractivity contribution in [2.24, 2.45) is 0 Å². The van der Waals surface area contributed by atoms with Crippen LogP contribution >= 0.6 is 11.8 Å². The fourth-order valence-corrected chi connectivity index (χ4v) is 5.70. The summed E-state index contributed by atoms with van der Waals surface area (Å²) in [5.74, 6) is 1.14. The van der Waals surface area contributed by atoms with Gasteiger partial charge in [-0.15, -0.1) is 0 Å². The number of benzene rings is 4. The lowest BCUT2D eigenvalue weighted by atomic mass is 9.99. The zero-order valence-electron chi connectivity index (χ0n) is 25.0. The summed E-state index contributed by atoms with van der Waals surface area (Å²) in [6, 6.07) is 35.7. The quantitative estimate of drug-likeness (QED) is 0.153. The molecule has 1 N–H and O–H groups in total. The number of hydrogen-bond donors (Lipinski definition) is 1. The van der Waals surface area contributed by atoms with Gasteiger partial charge in [0.2, 0.25) is 5.91 Å². The molecule has 1 aromatic heterocycles. The minimum absolute atomic E-state index is 0.100. The molecule has 4 aromatic carbocycles. The van der Waals surface area contributed by atoms with Gasteiger partial charge >= 0.3 is 0 Å². The first-order valence-corrected chi connectivity index (χ1v) is 15.4. The summed E-state index contributed by atoms with van der Waals surface area (Å²) in [5.41, 5.74) is 7.45. The molecule has 0 saturated heterocycles. The van der Waals surface area contributed by atoms with E-state index < -0.39 is 0 Å². The van der Waals surface area contributed by atoms with Crippen LogP contribution in [0.4, 0.5) is 5.69 Å². The third-order valence-electron chi connectivity index (χ3n) is 6.80. The van der Waals surface area contributed by atoms with Gasteiger partial charge in [-0.05, 0) is 73.4 Å². The summed E-state index contributed by atoms with van der Waals surface area (Å²) < 4.78 is 12.1. The maximum atomic E-state index is 13.0. The van der Waals surface area contributed by atoms with E-state index in [-0.39, 0.29) is 11.7 Å². The largest absolute Gasteiger partial charge is 0.490 e. The number of aryl methyl sites for hydroxylation is 2. The molecule has 220 valence electrons. The van der Waals surface area contributed by atoms with E-state index in [0.717, 1.165) is 33.5 Å². The molecule has 6 nitrogen and oxygen atoms in total. The van der Waals surface area contributed by atoms with Gasteiger partial charge in [0, 0.05) is 16.8 Å². The molecule has 0 aliphatic rings. The number of nitrogens with zero attached hydrogens (tertiary/aromatic N) is 2. The third kappa shape index (κ3) is 7.66. The van der Waals surface area contributed by atoms with Crippen LogP contribution in [-0.4, -0.2) is 23.3 Å². The van der Waals surface area contributed by atoms with Crippen LogP contribution in [-0.2, 0) is 11.4 Å². The van der Waals surface area contributed by atoms with Gasteiger partial charge in [0.05, 0.1) is 23.6 Å². The van der Waals surface area contributed by atoms with Crippen LogP contribution in [0.2, 0.25) is 0 Å². The lowest BCUT2D eigenvalue weighted by Gasteiger charge is -2.16. The second-order valence-corrected chi connectivity index (χ2v) is 11.3. The molecule has 5 aromatic rings. The maximum Gasteiger partial charge on any atom is 0.234 e. The number of ether oxygens (including phenoxy) is 2. The smallest absolute Gasteiger partial charge is 0.234 e. The Morgan fingerprint density at radius 1 is 0.841 bits per heavy atom. The van der Waals surface area contributed by atoms with Crippen LogP contribution < -0.4 is 14.8 Å². The van der Waals surface area contributed by atoms with Crippen molar-refractivity contribution < 1.29 is 14.3 Å². The molecule has 0 saturated carbocycles. The molecule has 0 atom stereocenters. The molecule has 0 unspecified atom stereocenters. The summed E-state index contributed by atoms with van der Waals surface area (Å²) in [5, 5.41) is 13.8. The molecule has 0 aliphatic carbocycles. The van der Waals surface area contributed by atoms with Crippen molar-refractivity contribution >= 4 is 23.4 Å². The maximum absolute atomic E-state index is 13.0. The van der Waals surface area contributed by atoms with E-state index in [1.165, 1.54) is 11.8 Å². The van der Waals surface area contributed by atoms with Crippen molar-refractivity contribution in [1.29, 1.82) is 5.26 Å². The Kier molecular flexibility index (Phi) is 9.96. The van der Waals surface area contributed by atoms with Gasteiger partial charge in [-0.3, -0.25) is 4.79 Å². The molecule has 1 heterocycles. The number of anilines is 1. The van der Waals surface area contributed by atoms with Crippen LogP contribution in [0, 0.1) is 25.2 Å². The topological polar surface area (TPSA) is 84.2 Å². The summed E-state index contributed by atoms with van der Waals surface area (Å²) in [7, 11) is 0. The SMILES string of the molecule is CCOc1cc(-c2cc(-c3ccccc3)nc(SCC(=O)Nc3cc(C)cc(C)c3)c2C#N)ccc1OCc1ccccc1. The van der Waals surface area contributed by atoms with Crippen LogP contribution in [0.25, 0.3) is 22.4 Å². The van der Waals surface area contributed by atoms with Gasteiger partial charge in [0.1, 0.15) is 17.7 Å². The summed E-state index contributed by atoms with van der Waals surface area (Å²) in [6.45, 7) is 6.78. The first-order valence-electron chi connectivity index (χ1n) is 14.4. The lowest BCUT2D eigenvalue weighted by Crippen LogP contribution is -2.14. The number of rotatable bonds is 11. The standard InChI is InChI=1S/C37H33N3O3S/c1-4-42-35-20-29(15-16-34(35)43-23-27-11-7-5-8-12-27)31-21-33(28-13-9-6-10-14-28)40-37(32(31)22-38)44-24-36(41)39-30-18-25(2)17-26(3)19-30/h5-21H,4,23-24H2,1-3H3,(H,39,41). The van der Waals surface area contributed by atoms with E-state index in [0.29, 0.717) is 46.6 Å². The van der Waals surface area contributed by atoms with Gasteiger partial charge in [-0.25, -0.2) is 4.98 Å². The molecule has 44 heavy (non-hydrogen) atoms. The fourth-order valence-electron chi connectivity index (χ4n) is 4.89. The lowest BCUT2D eigenvalue weighted by molar-refractivity contribution is -0.113. The predicted octanol–water partition coefficient (Wildman–Crippen LogP) is 8.61. The first kappa shape index (κ1) is 30.4. The van der Waals surface area contributed by atoms with Gasteiger partial charge in [0.25, 0.3) is 0 Å². The predicted molar refractivity (Wildman–Crippen MR) is 177 cm³/mol. The van der Waals surface area contributed by atoms with E-state index in [9.17, 15) is 10.1 Å². The Bertz CT molecular complexity index is 1780. The van der Waals surface area contributed by atoms with Crippen molar-refractivity contribution in [1.82, 2.24) is 4.98 Å². The zero-order valence-corrected chi connectivity index (χ0v) is 25.8. The molecular formula is C37H33N3O3S. The highest BCUT2D eigenvalue weighted by molar-refractivity contribution is 8.00. The van der Waals surface area contributed by atoms with Crippen LogP contribution in [0.1, 0.15) is 29.2 Å². The van der Waals surface area contributed by atoms with Gasteiger partial charge in [0.15, 0.2) is 11.5 Å². The Hall–Kier alpha value is -5.06. The van der Waals surface area contributed by atoms with E-state index >= 15 is 0 Å². The normalized spacial score (nSPS) is 10.6. The molecule has 0 bridgehead atoms. The molecule has 0 fully saturated rings. The van der Waals surface area contributed by atoms with Crippen molar-refractivity contribution in [2.45, 2.75) is 32.4 Å². The Morgan fingerprint density at radius 2 is 1.55 bits per heavy atom. The van der Waals surface area contributed by atoms with Crippen LogP contribution in [0.5, 0.6) is 11.5 Å². The van der Waals surface area contributed by atoms with Crippen molar-refractivity contribution in [3.8, 4) is 40.0 Å². The van der Waals surface area contributed by atoms with Crippen LogP contribution in [0.15, 0.2) is 108 Å². The number of nitrogens with one attached hydrogen (secondary N) is 1. The van der Waals surface area contributed by atoms with E-state index in [1.54, 1.807) is 0 Å². The minimum atomic E-state index is -0.170. The Balaban J connectivity index is 1.48. The number of pyridine rings is 1. The molecule has 0 radical (unpaired) electrons. The number of amides is 1. The number of aromatic nitrogens is 1. The van der Waals surface area contributed by atoms with Gasteiger partial charge in [-0.1, -0.05) is 84.6 Å². The summed E-state index contributed by atoms with van der Waals surface area (Å²) >= 11 is 1.25. The first-order chi connectivity index (χ1) is 21.4. The van der Waals surface area contributed by atoms with E-state index in [4.69, 9.17) is 14.5 Å². The highest BCUT2D eigenvalue weighted by Gasteiger charge is 2.19. The van der Waals surface area contributed by atoms with E-state index in [2.05, 4.69) is 17.5 Å². The average Bonchev–Trinajstić information content (AvgIpc) is 3.03. The molecule has 7 heteroatoms. The average molecular weight is 600 g/mol. The van der Waals surface area contributed by atoms with E-state index in [1.807, 2.05) is 118 Å². The highest BCUT2D eigenvalue weighted by Crippen LogP contribution is 2.38. The molecule has 1 amide bonds. The van der Waals surface area contributed by atoms with Crippen molar-refractivity contribution in [2.75, 3.05) is 17.7 Å². The molecule has 5 rings (SSSR count). The van der Waals surface area contributed by atoms with Gasteiger partial charge in [-0.2, -0.15) is 5.26 Å². The molecule has 0 aliphatic heterocycles. The number of hydrogen-bond acceptors (Lipinski definition) is 6. The van der Waals surface area contributed by atoms with Crippen LogP contribution in [0.3, 0.4) is 0 Å². The third-order valence-corrected chi connectivity index (χ3v) is 7.78. The van der Waals surface area contributed by atoms with Gasteiger partial charge < -0.3 is 14.8 Å². The molecular weight excluding hydrogens is 566 g/mol. The summed E-state index contributed by atoms with van der Waals surface area (Å²) in [4.78, 5) is 17.8. The Morgan fingerprint density at radius 3 is 2.23 bits per heavy atom. The Labute approximate surface area is 262 Å². The number of carbonyl (C=O) groups excluding carboxylic acids is 1. The minimum Gasteiger partial charge on any atom is -0.490 e. The number of nitriles is 1. The molecule has 0 spiro atoms. The van der Waals surface area contributed by atoms with Crippen molar-refractivity contribution in [3.63, 3.8) is 0 Å². The fraction of sp³-hybridized carbons (Fsp3) is 0.162. The second kappa shape index (κ2) is 14.4. The second-order valence-electron chi connectivity index (χ2n) is 10.3. The number of carbonyl (C=O) groups is 1. The highest BCUT2D eigenvalue weighted by atomic mass is 32.2.